The Balaban J connectivity index is 1.17. The summed E-state index contributed by atoms with van der Waals surface area (Å²) in [4.78, 5) is 64.3. The third-order valence-corrected chi connectivity index (χ3v) is 12.6. The van der Waals surface area contributed by atoms with E-state index in [1.807, 2.05) is 52.0 Å². The summed E-state index contributed by atoms with van der Waals surface area (Å²) in [6.45, 7) is 11.0. The maximum absolute atomic E-state index is 13.1. The number of hydrogen-bond acceptors (Lipinski definition) is 12. The molecule has 6 aliphatic rings. The molecule has 0 bridgehead atoms. The van der Waals surface area contributed by atoms with Crippen LogP contribution in [0.15, 0.2) is 80.2 Å². The Labute approximate surface area is 318 Å². The highest BCUT2D eigenvalue weighted by molar-refractivity contribution is 7.17. The van der Waals surface area contributed by atoms with E-state index in [0.717, 1.165) is 53.3 Å². The molecule has 4 amide bonds. The van der Waals surface area contributed by atoms with E-state index >= 15 is 0 Å². The number of allylic oxidation sites excluding steroid dienone is 6. The standard InChI is InChI=1S/C40H32N6O6S2/c1-17-23(15-41)35(47)45(7)37(49)31(17)43-29-13-25-33(53-29)21-9-19-12-28-22(10-20(19)11-27(21)51-39(25,3)4)34-26(40(5,6)52-28)14-30(54-34)44-32-18(2)24(16-42)36(48)46(8)38(32)50/h9-14,19-20H,1-8H3. The Morgan fingerprint density at radius 3 is 1.37 bits per heavy atom. The maximum atomic E-state index is 13.1. The number of nitrogens with zero attached hydrogens (tertiary/aromatic N) is 6. The first kappa shape index (κ1) is 35.1. The second-order valence-corrected chi connectivity index (χ2v) is 16.8. The Kier molecular flexibility index (Phi) is 7.65. The largest absolute Gasteiger partial charge is 0.483 e. The summed E-state index contributed by atoms with van der Waals surface area (Å²) in [6.07, 6.45) is 8.58. The van der Waals surface area contributed by atoms with Gasteiger partial charge in [-0.1, -0.05) is 12.2 Å². The van der Waals surface area contributed by atoms with Crippen molar-refractivity contribution in [3.8, 4) is 12.1 Å². The lowest BCUT2D eigenvalue weighted by Gasteiger charge is -2.40. The molecular weight excluding hydrogens is 725 g/mol. The van der Waals surface area contributed by atoms with Gasteiger partial charge in [0.2, 0.25) is 0 Å². The normalized spacial score (nSPS) is 25.3. The van der Waals surface area contributed by atoms with E-state index in [1.165, 1.54) is 36.8 Å². The summed E-state index contributed by atoms with van der Waals surface area (Å²) in [5, 5.41) is 20.3. The number of carbonyl (C=O) groups is 4. The van der Waals surface area contributed by atoms with Crippen molar-refractivity contribution < 1.29 is 28.7 Å². The molecule has 0 N–H and O–H groups in total. The van der Waals surface area contributed by atoms with Gasteiger partial charge in [0.1, 0.15) is 67.4 Å². The van der Waals surface area contributed by atoms with Crippen LogP contribution in [0.2, 0.25) is 0 Å². The topological polar surface area (TPSA) is 166 Å². The summed E-state index contributed by atoms with van der Waals surface area (Å²) in [5.41, 5.74) is 2.59. The average Bonchev–Trinajstić information content (AvgIpc) is 3.76. The van der Waals surface area contributed by atoms with Crippen LogP contribution in [0.5, 0.6) is 0 Å². The van der Waals surface area contributed by atoms with Crippen LogP contribution in [0.3, 0.4) is 0 Å². The smallest absolute Gasteiger partial charge is 0.279 e. The molecular formula is C40H32N6O6S2. The first-order valence-corrected chi connectivity index (χ1v) is 18.7. The van der Waals surface area contributed by atoms with E-state index in [-0.39, 0.29) is 45.6 Å². The van der Waals surface area contributed by atoms with Crippen LogP contribution in [0, 0.1) is 34.5 Å². The molecule has 0 saturated carbocycles. The van der Waals surface area contributed by atoms with Crippen LogP contribution in [-0.4, -0.2) is 58.9 Å². The van der Waals surface area contributed by atoms with E-state index in [4.69, 9.17) is 9.47 Å². The van der Waals surface area contributed by atoms with Crippen LogP contribution < -0.4 is 0 Å². The number of likely N-dealkylation sites (N-methyl/N-ethyl adjacent to an activating group) is 2. The van der Waals surface area contributed by atoms with Crippen LogP contribution in [0.1, 0.15) is 62.4 Å². The molecule has 0 saturated heterocycles. The molecule has 8 rings (SSSR count). The van der Waals surface area contributed by atoms with Gasteiger partial charge in [0, 0.05) is 69.1 Å². The highest BCUT2D eigenvalue weighted by atomic mass is 32.1. The van der Waals surface area contributed by atoms with Gasteiger partial charge in [-0.3, -0.25) is 29.0 Å². The number of rotatable bonds is 2. The van der Waals surface area contributed by atoms with Gasteiger partial charge < -0.3 is 9.47 Å². The maximum Gasteiger partial charge on any atom is 0.279 e. The molecule has 2 aromatic rings. The summed E-state index contributed by atoms with van der Waals surface area (Å²) in [6, 6.07) is 7.63. The van der Waals surface area contributed by atoms with Crippen molar-refractivity contribution in [3.63, 3.8) is 0 Å². The van der Waals surface area contributed by atoms with Gasteiger partial charge in [-0.05, 0) is 65.8 Å². The fourth-order valence-electron chi connectivity index (χ4n) is 7.46. The van der Waals surface area contributed by atoms with Crippen LogP contribution in [0.4, 0.5) is 10.0 Å². The molecule has 2 unspecified atom stereocenters. The van der Waals surface area contributed by atoms with E-state index in [9.17, 15) is 29.7 Å². The van der Waals surface area contributed by atoms with Crippen molar-refractivity contribution in [2.75, 3.05) is 14.1 Å². The summed E-state index contributed by atoms with van der Waals surface area (Å²) in [7, 11) is 2.69. The number of nitriles is 2. The van der Waals surface area contributed by atoms with Gasteiger partial charge in [0.05, 0.1) is 0 Å². The summed E-state index contributed by atoms with van der Waals surface area (Å²) in [5.74, 6) is -1.10. The molecule has 2 aliphatic carbocycles. The Hall–Kier alpha value is -5.96. The first-order valence-electron chi connectivity index (χ1n) is 17.1. The minimum atomic E-state index is -0.727. The first-order chi connectivity index (χ1) is 25.4. The van der Waals surface area contributed by atoms with Crippen molar-refractivity contribution in [2.45, 2.75) is 52.7 Å². The van der Waals surface area contributed by atoms with Crippen molar-refractivity contribution in [2.24, 2.45) is 21.8 Å². The lowest BCUT2D eigenvalue weighted by atomic mass is 9.76. The average molecular weight is 757 g/mol. The number of carbonyl (C=O) groups excluding carboxylic acids is 4. The quantitative estimate of drug-likeness (QED) is 0.307. The Morgan fingerprint density at radius 1 is 0.648 bits per heavy atom. The number of aliphatic imine (C=N–C) groups is 2. The molecule has 270 valence electrons. The number of ether oxygens (including phenoxy) is 2. The lowest BCUT2D eigenvalue weighted by molar-refractivity contribution is -0.138. The SMILES string of the molecule is CC1=C(C#N)C(=O)N(C)C(=O)C1=Nc1cc2c(s1)C1=CC3C=C4OC(C)(C)c5cc(N=C6C(=O)N(C)C(=O)C(C#N)=C6C)sc5C4=CC3C=C1OC2(C)C. The monoisotopic (exact) mass is 756 g/mol. The predicted octanol–water partition coefficient (Wildman–Crippen LogP) is 6.66. The van der Waals surface area contributed by atoms with Gasteiger partial charge in [0.15, 0.2) is 0 Å². The van der Waals surface area contributed by atoms with Crippen LogP contribution in [-0.2, 0) is 39.9 Å². The van der Waals surface area contributed by atoms with E-state index in [1.54, 1.807) is 13.8 Å². The molecule has 0 aromatic carbocycles. The minimum Gasteiger partial charge on any atom is -0.483 e. The molecule has 14 heteroatoms. The van der Waals surface area contributed by atoms with Crippen molar-refractivity contribution in [1.29, 1.82) is 10.5 Å². The summed E-state index contributed by atoms with van der Waals surface area (Å²) < 4.78 is 13.3. The second kappa shape index (κ2) is 11.8. The second-order valence-electron chi connectivity index (χ2n) is 14.7. The third-order valence-electron chi connectivity index (χ3n) is 10.5. The molecule has 12 nitrogen and oxygen atoms in total. The van der Waals surface area contributed by atoms with E-state index in [0.29, 0.717) is 10.0 Å². The van der Waals surface area contributed by atoms with Crippen LogP contribution >= 0.6 is 22.7 Å². The predicted molar refractivity (Wildman–Crippen MR) is 202 cm³/mol. The molecule has 0 spiro atoms. The number of thiophene rings is 2. The van der Waals surface area contributed by atoms with Crippen molar-refractivity contribution in [3.05, 3.63) is 91.1 Å². The van der Waals surface area contributed by atoms with Gasteiger partial charge in [-0.25, -0.2) is 9.98 Å². The Bertz CT molecular complexity index is 2390. The van der Waals surface area contributed by atoms with Gasteiger partial charge in [-0.15, -0.1) is 22.7 Å². The zero-order chi connectivity index (χ0) is 38.8. The lowest BCUT2D eigenvalue weighted by Crippen LogP contribution is -2.44. The Morgan fingerprint density at radius 2 is 1.02 bits per heavy atom. The van der Waals surface area contributed by atoms with Crippen molar-refractivity contribution >= 4 is 78.9 Å². The highest BCUT2D eigenvalue weighted by Crippen LogP contribution is 2.55. The number of imide groups is 2. The molecule has 0 radical (unpaired) electrons. The number of hydrogen-bond donors (Lipinski definition) is 0. The molecule has 2 aromatic heterocycles. The number of amides is 4. The zero-order valence-corrected chi connectivity index (χ0v) is 32.2. The summed E-state index contributed by atoms with van der Waals surface area (Å²) >= 11 is 2.84. The van der Waals surface area contributed by atoms with Gasteiger partial charge in [0.25, 0.3) is 23.6 Å². The molecule has 2 atom stereocenters. The van der Waals surface area contributed by atoms with Crippen molar-refractivity contribution in [1.82, 2.24) is 9.80 Å². The number of fused-ring (bicyclic) bond motifs is 7. The van der Waals surface area contributed by atoms with Gasteiger partial charge in [-0.2, -0.15) is 10.5 Å². The van der Waals surface area contributed by atoms with E-state index < -0.39 is 34.8 Å². The minimum absolute atomic E-state index is 0.0555. The zero-order valence-electron chi connectivity index (χ0n) is 30.6. The fourth-order valence-corrected chi connectivity index (χ4v) is 9.89. The van der Waals surface area contributed by atoms with Crippen LogP contribution in [0.25, 0.3) is 11.1 Å². The fraction of sp³-hybridized carbons (Fsp3) is 0.300. The molecule has 6 heterocycles. The van der Waals surface area contributed by atoms with E-state index in [2.05, 4.69) is 34.3 Å². The molecule has 54 heavy (non-hydrogen) atoms. The third kappa shape index (κ3) is 5.05. The highest BCUT2D eigenvalue weighted by Gasteiger charge is 2.44. The van der Waals surface area contributed by atoms with Gasteiger partial charge >= 0.3 is 0 Å². The molecule has 4 aliphatic heterocycles. The molecule has 0 fully saturated rings.